The summed E-state index contributed by atoms with van der Waals surface area (Å²) in [5.74, 6) is -18.0. The largest absolute Gasteiger partial charge is 0.370 e. The highest BCUT2D eigenvalue weighted by Crippen LogP contribution is 2.63. The zero-order valence-electron chi connectivity index (χ0n) is 9.50. The molecule has 1 atom stereocenters. The van der Waals surface area contributed by atoms with Crippen LogP contribution in [0.5, 0.6) is 0 Å². The smallest absolute Gasteiger partial charge is 0.216 e. The molecule has 14 heteroatoms. The van der Waals surface area contributed by atoms with Crippen LogP contribution in [0.25, 0.3) is 0 Å². The molecule has 132 valence electrons. The van der Waals surface area contributed by atoms with Crippen LogP contribution in [-0.4, -0.2) is 31.5 Å². The number of hydrogen-bond acceptors (Lipinski definition) is 0. The zero-order chi connectivity index (χ0) is 18.4. The Balaban J connectivity index is 6.25. The van der Waals surface area contributed by atoms with Crippen LogP contribution in [-0.2, 0) is 0 Å². The maximum Gasteiger partial charge on any atom is 0.370 e. The van der Waals surface area contributed by atoms with Gasteiger partial charge in [0.25, 0.3) is 5.13 Å². The molecule has 0 aliphatic rings. The van der Waals surface area contributed by atoms with Crippen LogP contribution < -0.4 is 0 Å². The van der Waals surface area contributed by atoms with Crippen LogP contribution in [0.2, 0.25) is 0 Å². The van der Waals surface area contributed by atoms with Gasteiger partial charge in [-0.15, -0.1) is 11.6 Å². The second-order valence-electron chi connectivity index (χ2n) is 3.71. The second kappa shape index (κ2) is 6.67. The quantitative estimate of drug-likeness (QED) is 0.300. The van der Waals surface area contributed by atoms with Crippen molar-refractivity contribution in [2.45, 2.75) is 25.6 Å². The lowest BCUT2D eigenvalue weighted by atomic mass is 10.00. The summed E-state index contributed by atoms with van der Waals surface area (Å²) in [5.41, 5.74) is 0. The maximum absolute atomic E-state index is 14.1. The van der Waals surface area contributed by atoms with Crippen molar-refractivity contribution in [3.8, 4) is 0 Å². The number of alkyl halides is 11. The molecule has 0 amide bonds. The van der Waals surface area contributed by atoms with E-state index in [-0.39, 0.29) is 0 Å². The monoisotopic (exact) mass is 460 g/mol. The van der Waals surface area contributed by atoms with Gasteiger partial charge < -0.3 is 0 Å². The van der Waals surface area contributed by atoms with Gasteiger partial charge in [0.1, 0.15) is 0 Å². The third-order valence-corrected chi connectivity index (χ3v) is 6.03. The van der Waals surface area contributed by atoms with E-state index in [0.717, 1.165) is 0 Å². The fourth-order valence-corrected chi connectivity index (χ4v) is 2.31. The zero-order valence-corrected chi connectivity index (χ0v) is 14.0. The van der Waals surface area contributed by atoms with Gasteiger partial charge in [-0.1, -0.05) is 58.0 Å². The minimum absolute atomic E-state index is 1.20. The van der Waals surface area contributed by atoms with Gasteiger partial charge in [0.15, 0.2) is 4.33 Å². The summed E-state index contributed by atoms with van der Waals surface area (Å²) in [7, 11) is 0. The van der Waals surface area contributed by atoms with E-state index in [0.29, 0.717) is 0 Å². The van der Waals surface area contributed by atoms with Crippen LogP contribution in [0.15, 0.2) is 11.9 Å². The van der Waals surface area contributed by atoms with E-state index in [1.807, 2.05) is 0 Å². The summed E-state index contributed by atoms with van der Waals surface area (Å²) in [6.45, 7) is 0. The predicted octanol–water partition coefficient (Wildman–Crippen LogP) is 6.83. The first-order chi connectivity index (χ1) is 9.41. The summed E-state index contributed by atoms with van der Waals surface area (Å²) in [6, 6.07) is 0. The van der Waals surface area contributed by atoms with Crippen LogP contribution in [0.1, 0.15) is 0 Å². The summed E-state index contributed by atoms with van der Waals surface area (Å²) < 4.78 is 96.7. The van der Waals surface area contributed by atoms with Gasteiger partial charge in [0, 0.05) is 0 Å². The Bertz CT molecular complexity index is 456. The number of rotatable bonds is 6. The van der Waals surface area contributed by atoms with Crippen LogP contribution >= 0.6 is 69.6 Å². The summed E-state index contributed by atoms with van der Waals surface area (Å²) >= 11 is 30.2. The van der Waals surface area contributed by atoms with Crippen molar-refractivity contribution in [1.29, 1.82) is 0 Å². The van der Waals surface area contributed by atoms with Crippen molar-refractivity contribution in [2.24, 2.45) is 0 Å². The Morgan fingerprint density at radius 3 is 1.41 bits per heavy atom. The van der Waals surface area contributed by atoms with Crippen molar-refractivity contribution in [3.05, 3.63) is 11.9 Å². The van der Waals surface area contributed by atoms with Gasteiger partial charge >= 0.3 is 17.9 Å². The maximum atomic E-state index is 14.1. The van der Waals surface area contributed by atoms with Crippen molar-refractivity contribution >= 4 is 69.6 Å². The third-order valence-electron chi connectivity index (χ3n) is 2.25. The van der Waals surface area contributed by atoms with Crippen LogP contribution in [0.3, 0.4) is 0 Å². The standard InChI is InChI=1S/C8H2Cl6F8/c9-1-4(10,11)6(12,13)7(14,20)8(21,22)5(18,19)2(15)3(16)17/h1H2. The van der Waals surface area contributed by atoms with Gasteiger partial charge in [0.2, 0.25) is 10.2 Å². The molecule has 0 aromatic carbocycles. The molecule has 0 aromatic rings. The lowest BCUT2D eigenvalue weighted by Gasteiger charge is -2.43. The molecular formula is C8H2Cl6F8. The Morgan fingerprint density at radius 2 is 1.14 bits per heavy atom. The van der Waals surface area contributed by atoms with Crippen molar-refractivity contribution in [2.75, 3.05) is 5.88 Å². The van der Waals surface area contributed by atoms with Gasteiger partial charge in [0.05, 0.1) is 5.88 Å². The first kappa shape index (κ1) is 22.9. The van der Waals surface area contributed by atoms with Gasteiger partial charge in [-0.25, -0.2) is 4.39 Å². The molecule has 0 rings (SSSR count). The van der Waals surface area contributed by atoms with E-state index in [1.165, 1.54) is 0 Å². The minimum Gasteiger partial charge on any atom is -0.216 e. The lowest BCUT2D eigenvalue weighted by Crippen LogP contribution is -2.65. The van der Waals surface area contributed by atoms with Crippen molar-refractivity contribution in [1.82, 2.24) is 0 Å². The Kier molecular flexibility index (Phi) is 6.95. The molecule has 22 heavy (non-hydrogen) atoms. The van der Waals surface area contributed by atoms with Gasteiger partial charge in [-0.3, -0.25) is 0 Å². The molecule has 0 nitrogen and oxygen atoms in total. The first-order valence-electron chi connectivity index (χ1n) is 4.58. The van der Waals surface area contributed by atoms with E-state index >= 15 is 0 Å². The first-order valence-corrected chi connectivity index (χ1v) is 7.00. The summed E-state index contributed by atoms with van der Waals surface area (Å²) in [4.78, 5) is 0. The minimum atomic E-state index is -6.42. The molecule has 0 aliphatic heterocycles. The lowest BCUT2D eigenvalue weighted by molar-refractivity contribution is -0.243. The Morgan fingerprint density at radius 1 is 0.773 bits per heavy atom. The molecular weight excluding hydrogens is 461 g/mol. The number of allylic oxidation sites excluding steroid dienone is 1. The molecule has 0 bridgehead atoms. The number of halogens is 14. The van der Waals surface area contributed by atoms with Gasteiger partial charge in [-0.05, 0) is 0 Å². The Hall–Kier alpha value is 0.920. The Labute approximate surface area is 148 Å². The highest BCUT2D eigenvalue weighted by molar-refractivity contribution is 6.66. The van der Waals surface area contributed by atoms with E-state index < -0.39 is 43.4 Å². The highest BCUT2D eigenvalue weighted by atomic mass is 35.5. The van der Waals surface area contributed by atoms with E-state index in [9.17, 15) is 35.1 Å². The second-order valence-corrected chi connectivity index (χ2v) is 7.31. The van der Waals surface area contributed by atoms with Crippen LogP contribution in [0.4, 0.5) is 35.1 Å². The van der Waals surface area contributed by atoms with Crippen molar-refractivity contribution in [3.63, 3.8) is 0 Å². The molecule has 0 spiro atoms. The van der Waals surface area contributed by atoms with E-state index in [1.54, 1.807) is 0 Å². The molecule has 1 unspecified atom stereocenters. The van der Waals surface area contributed by atoms with E-state index in [4.69, 9.17) is 58.0 Å². The molecule has 0 N–H and O–H groups in total. The molecule has 0 saturated heterocycles. The fourth-order valence-electron chi connectivity index (χ4n) is 0.964. The van der Waals surface area contributed by atoms with Gasteiger partial charge in [-0.2, -0.15) is 30.7 Å². The number of hydrogen-bond donors (Lipinski definition) is 0. The third kappa shape index (κ3) is 3.33. The molecule has 0 heterocycles. The molecule has 0 aliphatic carbocycles. The van der Waals surface area contributed by atoms with E-state index in [2.05, 4.69) is 11.6 Å². The molecule has 0 aromatic heterocycles. The highest BCUT2D eigenvalue weighted by Gasteiger charge is 2.81. The predicted molar refractivity (Wildman–Crippen MR) is 69.5 cm³/mol. The normalized spacial score (nSPS) is 17.2. The SMILES string of the molecule is FC(F)=C(F)C(F)(F)C(F)(F)C(F)(Cl)C(Cl)(Cl)C(Cl)(Cl)CCl. The van der Waals surface area contributed by atoms with Crippen molar-refractivity contribution < 1.29 is 35.1 Å². The van der Waals surface area contributed by atoms with Crippen LogP contribution in [0, 0.1) is 0 Å². The average Bonchev–Trinajstić information content (AvgIpc) is 2.36. The summed E-state index contributed by atoms with van der Waals surface area (Å²) in [5, 5.41) is -5.31. The fraction of sp³-hybridized carbons (Fsp3) is 0.750. The molecule has 0 radical (unpaired) electrons. The summed E-state index contributed by atoms with van der Waals surface area (Å²) in [6.07, 6.45) is -3.84. The average molecular weight is 463 g/mol. The topological polar surface area (TPSA) is 0 Å². The molecule has 0 saturated carbocycles. The molecule has 0 fully saturated rings.